The molecule has 3 N–H and O–H groups in total. The number of nitrogens with zero attached hydrogens (tertiary/aromatic N) is 2. The number of aromatic nitrogens is 1. The van der Waals surface area contributed by atoms with Gasteiger partial charge in [0.25, 0.3) is 0 Å². The van der Waals surface area contributed by atoms with E-state index < -0.39 is 5.97 Å². The van der Waals surface area contributed by atoms with Gasteiger partial charge in [0.15, 0.2) is 5.13 Å². The van der Waals surface area contributed by atoms with Gasteiger partial charge < -0.3 is 15.7 Å². The zero-order chi connectivity index (χ0) is 13.8. The Kier molecular flexibility index (Phi) is 4.60. The van der Waals surface area contributed by atoms with E-state index in [4.69, 9.17) is 27.3 Å². The van der Waals surface area contributed by atoms with Gasteiger partial charge >= 0.3 is 5.97 Å². The normalized spacial score (nSPS) is 24.2. The number of halogens is 1. The van der Waals surface area contributed by atoms with Gasteiger partial charge in [-0.3, -0.25) is 0 Å². The highest BCUT2D eigenvalue weighted by Crippen LogP contribution is 2.25. The minimum Gasteiger partial charge on any atom is -0.476 e. The van der Waals surface area contributed by atoms with Crippen LogP contribution in [0.5, 0.6) is 0 Å². The molecular formula is C11H14ClN3O3S. The molecule has 1 aliphatic carbocycles. The van der Waals surface area contributed by atoms with Gasteiger partial charge in [0.1, 0.15) is 11.8 Å². The number of alkyl halides is 1. The Morgan fingerprint density at radius 3 is 2.74 bits per heavy atom. The van der Waals surface area contributed by atoms with E-state index in [1.165, 1.54) is 0 Å². The molecule has 1 aromatic heterocycles. The van der Waals surface area contributed by atoms with Crippen LogP contribution < -0.4 is 5.73 Å². The van der Waals surface area contributed by atoms with Crippen molar-refractivity contribution in [1.29, 1.82) is 0 Å². The summed E-state index contributed by atoms with van der Waals surface area (Å²) in [5, 5.41) is 14.8. The number of hydrogen-bond donors (Lipinski definition) is 2. The first-order chi connectivity index (χ1) is 9.06. The summed E-state index contributed by atoms with van der Waals surface area (Å²) in [6.07, 6.45) is 3.19. The van der Waals surface area contributed by atoms with Crippen LogP contribution in [0.4, 0.5) is 5.13 Å². The van der Waals surface area contributed by atoms with Crippen LogP contribution >= 0.6 is 22.9 Å². The lowest BCUT2D eigenvalue weighted by molar-refractivity contribution is -0.129. The average Bonchev–Trinajstić information content (AvgIpc) is 2.78. The van der Waals surface area contributed by atoms with Crippen LogP contribution in [0.25, 0.3) is 0 Å². The summed E-state index contributed by atoms with van der Waals surface area (Å²) in [6.45, 7) is 0. The van der Waals surface area contributed by atoms with Crippen molar-refractivity contribution in [2.24, 2.45) is 5.16 Å². The summed E-state index contributed by atoms with van der Waals surface area (Å²) in [5.41, 5.74) is 5.48. The molecule has 0 atom stereocenters. The molecule has 104 valence electrons. The molecule has 1 heterocycles. The monoisotopic (exact) mass is 303 g/mol. The van der Waals surface area contributed by atoms with E-state index in [0.29, 0.717) is 5.13 Å². The molecule has 1 fully saturated rings. The first-order valence-corrected chi connectivity index (χ1v) is 7.20. The third-order valence-corrected chi connectivity index (χ3v) is 3.97. The van der Waals surface area contributed by atoms with Crippen LogP contribution in [0.1, 0.15) is 31.4 Å². The van der Waals surface area contributed by atoms with Crippen molar-refractivity contribution in [3.63, 3.8) is 0 Å². The van der Waals surface area contributed by atoms with Gasteiger partial charge in [0, 0.05) is 10.8 Å². The summed E-state index contributed by atoms with van der Waals surface area (Å²) >= 11 is 7.15. The van der Waals surface area contributed by atoms with Crippen molar-refractivity contribution >= 4 is 39.8 Å². The second kappa shape index (κ2) is 6.21. The van der Waals surface area contributed by atoms with E-state index in [9.17, 15) is 4.79 Å². The lowest BCUT2D eigenvalue weighted by Crippen LogP contribution is -2.22. The van der Waals surface area contributed by atoms with Crippen LogP contribution in [0.15, 0.2) is 10.5 Å². The molecule has 0 radical (unpaired) electrons. The maximum absolute atomic E-state index is 11.1. The Labute approximate surface area is 119 Å². The number of nitrogen functional groups attached to an aromatic ring is 1. The molecule has 1 aromatic rings. The van der Waals surface area contributed by atoms with Crippen molar-refractivity contribution < 1.29 is 14.7 Å². The zero-order valence-electron chi connectivity index (χ0n) is 10.1. The quantitative estimate of drug-likeness (QED) is 0.504. The van der Waals surface area contributed by atoms with Crippen LogP contribution in [0, 0.1) is 0 Å². The highest BCUT2D eigenvalue weighted by molar-refractivity contribution is 7.13. The Morgan fingerprint density at radius 2 is 2.21 bits per heavy atom. The highest BCUT2D eigenvalue weighted by atomic mass is 35.5. The fourth-order valence-electron chi connectivity index (χ4n) is 1.85. The number of aliphatic carboxylic acids is 1. The Balaban J connectivity index is 2.03. The van der Waals surface area contributed by atoms with E-state index in [-0.39, 0.29) is 22.9 Å². The summed E-state index contributed by atoms with van der Waals surface area (Å²) in [4.78, 5) is 20.3. The molecule has 6 nitrogen and oxygen atoms in total. The van der Waals surface area contributed by atoms with E-state index in [2.05, 4.69) is 10.1 Å². The Hall–Kier alpha value is -1.34. The molecule has 0 bridgehead atoms. The molecule has 0 saturated heterocycles. The number of anilines is 1. The SMILES string of the molecule is Nc1nc(/C(=N/O[C@H]2CC[C@@H](Cl)CC2)C(=O)O)cs1. The Bertz CT molecular complexity index is 483. The third kappa shape index (κ3) is 3.81. The van der Waals surface area contributed by atoms with Gasteiger partial charge in [-0.25, -0.2) is 9.78 Å². The maximum Gasteiger partial charge on any atom is 0.360 e. The minimum absolute atomic E-state index is 0.0830. The van der Waals surface area contributed by atoms with E-state index in [1.807, 2.05) is 0 Å². The van der Waals surface area contributed by atoms with Crippen molar-refractivity contribution in [2.75, 3.05) is 5.73 Å². The predicted molar refractivity (Wildman–Crippen MR) is 73.7 cm³/mol. The van der Waals surface area contributed by atoms with Crippen molar-refractivity contribution in [1.82, 2.24) is 4.98 Å². The van der Waals surface area contributed by atoms with E-state index in [0.717, 1.165) is 37.0 Å². The molecule has 1 aliphatic rings. The average molecular weight is 304 g/mol. The van der Waals surface area contributed by atoms with Crippen molar-refractivity contribution in [3.05, 3.63) is 11.1 Å². The first-order valence-electron chi connectivity index (χ1n) is 5.89. The summed E-state index contributed by atoms with van der Waals surface area (Å²) < 4.78 is 0. The Morgan fingerprint density at radius 1 is 1.53 bits per heavy atom. The van der Waals surface area contributed by atoms with Gasteiger partial charge in [-0.1, -0.05) is 5.16 Å². The number of nitrogens with two attached hydrogens (primary N) is 1. The summed E-state index contributed by atoms with van der Waals surface area (Å²) in [6, 6.07) is 0. The number of hydrogen-bond acceptors (Lipinski definition) is 6. The molecule has 2 rings (SSSR count). The molecular weight excluding hydrogens is 290 g/mol. The van der Waals surface area contributed by atoms with Gasteiger partial charge in [-0.15, -0.1) is 22.9 Å². The molecule has 19 heavy (non-hydrogen) atoms. The summed E-state index contributed by atoms with van der Waals surface area (Å²) in [7, 11) is 0. The minimum atomic E-state index is -1.18. The number of oxime groups is 1. The third-order valence-electron chi connectivity index (χ3n) is 2.86. The van der Waals surface area contributed by atoms with E-state index in [1.54, 1.807) is 5.38 Å². The highest BCUT2D eigenvalue weighted by Gasteiger charge is 2.22. The molecule has 0 aromatic carbocycles. The lowest BCUT2D eigenvalue weighted by Gasteiger charge is -2.22. The number of carboxylic acids is 1. The van der Waals surface area contributed by atoms with Crippen molar-refractivity contribution in [2.45, 2.75) is 37.2 Å². The van der Waals surface area contributed by atoms with Gasteiger partial charge in [-0.05, 0) is 25.7 Å². The van der Waals surface area contributed by atoms with Crippen LogP contribution in [-0.2, 0) is 9.63 Å². The van der Waals surface area contributed by atoms with E-state index >= 15 is 0 Å². The topological polar surface area (TPSA) is 97.8 Å². The molecule has 8 heteroatoms. The molecule has 0 unspecified atom stereocenters. The standard InChI is InChI=1S/C11H14ClN3O3S/c12-6-1-3-7(4-2-6)18-15-9(10(16)17)8-5-19-11(13)14-8/h5-7H,1-4H2,(H2,13,14)(H,16,17)/b15-9-/t6-,7+. The van der Waals surface area contributed by atoms with Gasteiger partial charge in [0.2, 0.25) is 5.71 Å². The number of thiazole rings is 1. The molecule has 1 saturated carbocycles. The molecule has 0 aliphatic heterocycles. The lowest BCUT2D eigenvalue weighted by atomic mass is 9.97. The summed E-state index contributed by atoms with van der Waals surface area (Å²) in [5.74, 6) is -1.18. The number of carbonyl (C=O) groups is 1. The predicted octanol–water partition coefficient (Wildman–Crippen LogP) is 2.08. The fourth-order valence-corrected chi connectivity index (χ4v) is 2.65. The smallest absolute Gasteiger partial charge is 0.360 e. The van der Waals surface area contributed by atoms with Gasteiger partial charge in [0.05, 0.1) is 0 Å². The largest absolute Gasteiger partial charge is 0.476 e. The number of rotatable bonds is 4. The van der Waals surface area contributed by atoms with Crippen LogP contribution in [-0.4, -0.2) is 33.3 Å². The maximum atomic E-state index is 11.1. The molecule has 0 spiro atoms. The van der Waals surface area contributed by atoms with Gasteiger partial charge in [-0.2, -0.15) is 0 Å². The second-order valence-corrected chi connectivity index (χ2v) is 5.80. The fraction of sp³-hybridized carbons (Fsp3) is 0.545. The van der Waals surface area contributed by atoms with Crippen LogP contribution in [0.2, 0.25) is 0 Å². The first kappa shape index (κ1) is 14.1. The van der Waals surface area contributed by atoms with Crippen molar-refractivity contribution in [3.8, 4) is 0 Å². The number of carboxylic acid groups (broad SMARTS) is 1. The second-order valence-electron chi connectivity index (χ2n) is 4.30. The van der Waals surface area contributed by atoms with Crippen LogP contribution in [0.3, 0.4) is 0 Å². The molecule has 0 amide bonds. The zero-order valence-corrected chi connectivity index (χ0v) is 11.7.